The standard InChI is InChI=1S/C30H28N2O2S2/c1-23(20-24-12-5-2-6-13-24)21-27-29(34)31(30(35)36-27)19-11-18-28(33)32(26-16-9-4-10-17-26)22-25-14-7-3-8-15-25/h2-10,12-17,20-21H,11,18-19,22H2,1H3. The lowest BCUT2D eigenvalue weighted by molar-refractivity contribution is -0.123. The molecule has 0 N–H and O–H groups in total. The van der Waals surface area contributed by atoms with Crippen LogP contribution in [0.2, 0.25) is 0 Å². The Labute approximate surface area is 222 Å². The third kappa shape index (κ3) is 6.80. The van der Waals surface area contributed by atoms with Gasteiger partial charge in [-0.25, -0.2) is 0 Å². The number of anilines is 1. The van der Waals surface area contributed by atoms with E-state index in [9.17, 15) is 9.59 Å². The Bertz CT molecular complexity index is 1270. The number of thiocarbonyl (C=S) groups is 1. The fourth-order valence-electron chi connectivity index (χ4n) is 3.97. The highest BCUT2D eigenvalue weighted by atomic mass is 32.2. The van der Waals surface area contributed by atoms with Gasteiger partial charge in [0.1, 0.15) is 4.32 Å². The van der Waals surface area contributed by atoms with Crippen LogP contribution in [0.4, 0.5) is 5.69 Å². The second-order valence-electron chi connectivity index (χ2n) is 8.54. The molecule has 0 atom stereocenters. The zero-order valence-electron chi connectivity index (χ0n) is 20.2. The Hall–Kier alpha value is -3.48. The van der Waals surface area contributed by atoms with Gasteiger partial charge in [0.05, 0.1) is 11.4 Å². The average Bonchev–Trinajstić information content (AvgIpc) is 3.16. The Balaban J connectivity index is 1.38. The van der Waals surface area contributed by atoms with Crippen molar-refractivity contribution in [2.75, 3.05) is 11.4 Å². The van der Waals surface area contributed by atoms with Crippen molar-refractivity contribution < 1.29 is 9.59 Å². The molecule has 0 aromatic heterocycles. The van der Waals surface area contributed by atoms with Crippen molar-refractivity contribution in [3.05, 3.63) is 119 Å². The number of thioether (sulfide) groups is 1. The topological polar surface area (TPSA) is 40.6 Å². The molecular weight excluding hydrogens is 484 g/mol. The maximum atomic E-state index is 13.2. The van der Waals surface area contributed by atoms with E-state index in [1.165, 1.54) is 11.8 Å². The van der Waals surface area contributed by atoms with Crippen LogP contribution in [0.3, 0.4) is 0 Å². The largest absolute Gasteiger partial charge is 0.308 e. The van der Waals surface area contributed by atoms with Crippen molar-refractivity contribution in [2.24, 2.45) is 0 Å². The molecule has 0 spiro atoms. The Morgan fingerprint density at radius 3 is 2.22 bits per heavy atom. The summed E-state index contributed by atoms with van der Waals surface area (Å²) < 4.78 is 0.537. The number of carbonyl (C=O) groups excluding carboxylic acids is 2. The maximum Gasteiger partial charge on any atom is 0.266 e. The van der Waals surface area contributed by atoms with Crippen LogP contribution in [-0.2, 0) is 16.1 Å². The predicted molar refractivity (Wildman–Crippen MR) is 153 cm³/mol. The molecule has 2 amide bonds. The fraction of sp³-hybridized carbons (Fsp3) is 0.167. The summed E-state index contributed by atoms with van der Waals surface area (Å²) in [6, 6.07) is 29.6. The highest BCUT2D eigenvalue weighted by Gasteiger charge is 2.31. The molecule has 0 radical (unpaired) electrons. The number of allylic oxidation sites excluding steroid dienone is 2. The minimum absolute atomic E-state index is 0.0210. The minimum Gasteiger partial charge on any atom is -0.308 e. The van der Waals surface area contributed by atoms with Crippen LogP contribution in [0.5, 0.6) is 0 Å². The molecule has 0 aliphatic carbocycles. The van der Waals surface area contributed by atoms with Gasteiger partial charge in [-0.2, -0.15) is 0 Å². The fourth-order valence-corrected chi connectivity index (χ4v) is 5.33. The van der Waals surface area contributed by atoms with Crippen molar-refractivity contribution >= 4 is 51.9 Å². The molecule has 0 bridgehead atoms. The van der Waals surface area contributed by atoms with Crippen molar-refractivity contribution in [1.29, 1.82) is 0 Å². The average molecular weight is 513 g/mol. The number of nitrogens with zero attached hydrogens (tertiary/aromatic N) is 2. The van der Waals surface area contributed by atoms with Crippen molar-refractivity contribution in [3.63, 3.8) is 0 Å². The summed E-state index contributed by atoms with van der Waals surface area (Å²) in [7, 11) is 0. The third-order valence-corrected chi connectivity index (χ3v) is 7.13. The third-order valence-electron chi connectivity index (χ3n) is 5.75. The molecule has 4 rings (SSSR count). The van der Waals surface area contributed by atoms with Crippen molar-refractivity contribution in [3.8, 4) is 0 Å². The summed E-state index contributed by atoms with van der Waals surface area (Å²) in [6.45, 7) is 2.90. The Morgan fingerprint density at radius 1 is 0.944 bits per heavy atom. The van der Waals surface area contributed by atoms with Crippen LogP contribution in [0.15, 0.2) is 108 Å². The molecule has 36 heavy (non-hydrogen) atoms. The number of hydrogen-bond acceptors (Lipinski definition) is 4. The zero-order valence-corrected chi connectivity index (χ0v) is 21.8. The van der Waals surface area contributed by atoms with E-state index in [0.717, 1.165) is 22.4 Å². The van der Waals surface area contributed by atoms with Gasteiger partial charge < -0.3 is 4.90 Å². The molecule has 3 aromatic rings. The maximum absolute atomic E-state index is 13.2. The second kappa shape index (κ2) is 12.5. The summed E-state index contributed by atoms with van der Waals surface area (Å²) in [5.41, 5.74) is 3.99. The van der Waals surface area contributed by atoms with Gasteiger partial charge in [0.25, 0.3) is 5.91 Å². The Kier molecular flexibility index (Phi) is 8.87. The first-order valence-electron chi connectivity index (χ1n) is 11.9. The number of amides is 2. The summed E-state index contributed by atoms with van der Waals surface area (Å²) in [5, 5.41) is 0. The van der Waals surface area contributed by atoms with Crippen LogP contribution in [0.1, 0.15) is 30.9 Å². The first-order valence-corrected chi connectivity index (χ1v) is 13.1. The van der Waals surface area contributed by atoms with E-state index in [4.69, 9.17) is 12.2 Å². The van der Waals surface area contributed by atoms with E-state index >= 15 is 0 Å². The molecule has 1 fully saturated rings. The highest BCUT2D eigenvalue weighted by molar-refractivity contribution is 8.26. The molecule has 6 heteroatoms. The zero-order chi connectivity index (χ0) is 25.3. The van der Waals surface area contributed by atoms with E-state index in [0.29, 0.717) is 35.2 Å². The van der Waals surface area contributed by atoms with E-state index in [1.807, 2.05) is 110 Å². The van der Waals surface area contributed by atoms with E-state index < -0.39 is 0 Å². The molecule has 3 aromatic carbocycles. The van der Waals surface area contributed by atoms with Gasteiger partial charge in [-0.05, 0) is 48.3 Å². The highest BCUT2D eigenvalue weighted by Crippen LogP contribution is 2.32. The van der Waals surface area contributed by atoms with Gasteiger partial charge in [0, 0.05) is 18.7 Å². The molecule has 182 valence electrons. The van der Waals surface area contributed by atoms with Crippen molar-refractivity contribution in [2.45, 2.75) is 26.3 Å². The van der Waals surface area contributed by atoms with Crippen LogP contribution in [0.25, 0.3) is 6.08 Å². The number of benzene rings is 3. The van der Waals surface area contributed by atoms with Gasteiger partial charge in [0.15, 0.2) is 0 Å². The quantitative estimate of drug-likeness (QED) is 0.232. The monoisotopic (exact) mass is 512 g/mol. The number of rotatable bonds is 9. The first kappa shape index (κ1) is 25.6. The molecule has 0 saturated carbocycles. The van der Waals surface area contributed by atoms with Gasteiger partial charge in [-0.15, -0.1) is 0 Å². The van der Waals surface area contributed by atoms with Gasteiger partial charge in [-0.1, -0.05) is 109 Å². The number of hydrogen-bond donors (Lipinski definition) is 0. The molecule has 1 aliphatic rings. The van der Waals surface area contributed by atoms with E-state index in [2.05, 4.69) is 0 Å². The molecule has 0 unspecified atom stereocenters. The molecule has 1 saturated heterocycles. The van der Waals surface area contributed by atoms with Crippen LogP contribution in [-0.4, -0.2) is 27.6 Å². The van der Waals surface area contributed by atoms with Crippen molar-refractivity contribution in [1.82, 2.24) is 4.90 Å². The lowest BCUT2D eigenvalue weighted by Crippen LogP contribution is -2.33. The smallest absolute Gasteiger partial charge is 0.266 e. The summed E-state index contributed by atoms with van der Waals surface area (Å²) in [5.74, 6) is -0.0739. The second-order valence-corrected chi connectivity index (χ2v) is 10.2. The Morgan fingerprint density at radius 2 is 1.56 bits per heavy atom. The molecule has 4 nitrogen and oxygen atoms in total. The van der Waals surface area contributed by atoms with Gasteiger partial charge in [0.2, 0.25) is 5.91 Å². The van der Waals surface area contributed by atoms with E-state index in [1.54, 1.807) is 9.80 Å². The van der Waals surface area contributed by atoms with Crippen LogP contribution >= 0.6 is 24.0 Å². The minimum atomic E-state index is -0.0949. The predicted octanol–water partition coefficient (Wildman–Crippen LogP) is 6.85. The SMILES string of the molecule is CC(=Cc1ccccc1)C=C1SC(=S)N(CCCC(=O)N(Cc2ccccc2)c2ccccc2)C1=O. The molecule has 1 aliphatic heterocycles. The summed E-state index contributed by atoms with van der Waals surface area (Å²) in [6.07, 6.45) is 4.78. The summed E-state index contributed by atoms with van der Waals surface area (Å²) >= 11 is 6.80. The summed E-state index contributed by atoms with van der Waals surface area (Å²) in [4.78, 5) is 30.3. The normalized spacial score (nSPS) is 15.0. The number of carbonyl (C=O) groups is 2. The van der Waals surface area contributed by atoms with E-state index in [-0.39, 0.29) is 11.8 Å². The van der Waals surface area contributed by atoms with Crippen LogP contribution < -0.4 is 4.90 Å². The first-order chi connectivity index (χ1) is 17.5. The van der Waals surface area contributed by atoms with Gasteiger partial charge >= 0.3 is 0 Å². The van der Waals surface area contributed by atoms with Crippen LogP contribution in [0, 0.1) is 0 Å². The number of para-hydroxylation sites is 1. The molecule has 1 heterocycles. The lowest BCUT2D eigenvalue weighted by Gasteiger charge is -2.24. The molecular formula is C30H28N2O2S2. The van der Waals surface area contributed by atoms with Gasteiger partial charge in [-0.3, -0.25) is 14.5 Å². The lowest BCUT2D eigenvalue weighted by atomic mass is 10.1.